The van der Waals surface area contributed by atoms with Crippen LogP contribution >= 0.6 is 7.26 Å². The van der Waals surface area contributed by atoms with E-state index in [1.165, 1.54) is 12.0 Å². The first-order chi connectivity index (χ1) is 21.9. The Balaban J connectivity index is 0.00000417. The zero-order valence-electron chi connectivity index (χ0n) is 25.0. The number of hydrogen-bond donors (Lipinski definition) is 1. The molecule has 2 aliphatic rings. The quantitative estimate of drug-likeness (QED) is 0.140. The Labute approximate surface area is 281 Å². The number of β-lactam (4-membered cyclic amide) rings is 1. The molecule has 2 heterocycles. The number of carbonyl (C=O) groups is 3. The topological polar surface area (TPSA) is 102 Å². The molecule has 1 unspecified atom stereocenters. The molecule has 46 heavy (non-hydrogen) atoms. The third kappa shape index (κ3) is 6.30. The normalized spacial score (nSPS) is 18.8. The van der Waals surface area contributed by atoms with Crippen LogP contribution in [0.4, 0.5) is 0 Å². The van der Waals surface area contributed by atoms with Crippen LogP contribution < -0.4 is 42.9 Å². The molecule has 2 amide bonds. The van der Waals surface area contributed by atoms with E-state index in [0.29, 0.717) is 17.5 Å². The van der Waals surface area contributed by atoms with Gasteiger partial charge in [0.25, 0.3) is 11.8 Å². The summed E-state index contributed by atoms with van der Waals surface area (Å²) >= 11 is 0. The van der Waals surface area contributed by atoms with E-state index >= 15 is 0 Å². The summed E-state index contributed by atoms with van der Waals surface area (Å²) in [7, 11) is -2.82. The van der Waals surface area contributed by atoms with Crippen LogP contribution in [0.1, 0.15) is 0 Å². The molecule has 0 aliphatic carbocycles. The van der Waals surface area contributed by atoms with E-state index in [1.54, 1.807) is 24.3 Å². The van der Waals surface area contributed by atoms with Gasteiger partial charge in [0.1, 0.15) is 46.0 Å². The second kappa shape index (κ2) is 14.5. The highest BCUT2D eigenvalue weighted by atomic mass is 79.9. The van der Waals surface area contributed by atoms with Crippen LogP contribution in [0.3, 0.4) is 0 Å². The van der Waals surface area contributed by atoms with Gasteiger partial charge in [-0.15, -0.1) is 0 Å². The van der Waals surface area contributed by atoms with E-state index in [4.69, 9.17) is 9.47 Å². The number of halogens is 1. The number of rotatable bonds is 10. The van der Waals surface area contributed by atoms with Crippen LogP contribution in [0.5, 0.6) is 5.75 Å². The first-order valence-corrected chi connectivity index (χ1v) is 17.8. The minimum Gasteiger partial charge on any atom is -1.00 e. The number of fused-ring (bicyclic) bond motifs is 1. The largest absolute Gasteiger partial charge is 1.00 e. The van der Waals surface area contributed by atoms with Crippen molar-refractivity contribution in [3.8, 4) is 5.75 Å². The lowest BCUT2D eigenvalue weighted by molar-refractivity contribution is -0.152. The summed E-state index contributed by atoms with van der Waals surface area (Å²) in [5.74, 6) is -1.14. The molecule has 0 radical (unpaired) electrons. The summed E-state index contributed by atoms with van der Waals surface area (Å²) in [5, 5.41) is 5.04. The second-order valence-electron chi connectivity index (χ2n) is 10.7. The van der Waals surface area contributed by atoms with Crippen LogP contribution in [-0.4, -0.2) is 63.9 Å². The van der Waals surface area contributed by atoms with E-state index in [2.05, 4.69) is 41.7 Å². The average molecular weight is 720 g/mol. The van der Waals surface area contributed by atoms with Crippen molar-refractivity contribution < 1.29 is 45.0 Å². The Hall–Kier alpha value is -4.11. The predicted molar refractivity (Wildman–Crippen MR) is 177 cm³/mol. The lowest BCUT2D eigenvalue weighted by Crippen LogP contribution is -3.00. The highest BCUT2D eigenvalue weighted by molar-refractivity contribution is 7.96. The summed E-state index contributed by atoms with van der Waals surface area (Å²) < 4.78 is 24.6. The highest BCUT2D eigenvalue weighted by Crippen LogP contribution is 2.57. The maximum absolute atomic E-state index is 13.9. The fourth-order valence-electron chi connectivity index (χ4n) is 6.00. The maximum atomic E-state index is 13.9. The van der Waals surface area contributed by atoms with E-state index in [1.807, 2.05) is 60.7 Å². The van der Waals surface area contributed by atoms with Gasteiger partial charge in [-0.1, -0.05) is 72.8 Å². The fraction of sp³-hybridized carbons (Fsp3) is 0.171. The number of methoxy groups -OCH3 is 1. The molecular weight excluding hydrogens is 687 g/mol. The average Bonchev–Trinajstić information content (AvgIpc) is 3.09. The molecule has 4 aromatic rings. The van der Waals surface area contributed by atoms with Crippen molar-refractivity contribution in [1.82, 2.24) is 10.2 Å². The number of ether oxygens (including phenoxy) is 2. The molecule has 0 bridgehead atoms. The van der Waals surface area contributed by atoms with Gasteiger partial charge in [-0.05, 0) is 48.5 Å². The Bertz CT molecular complexity index is 1660. The summed E-state index contributed by atoms with van der Waals surface area (Å²) in [6, 6.07) is 38.2. The zero-order valence-corrected chi connectivity index (χ0v) is 28.3. The molecule has 1 saturated heterocycles. The van der Waals surface area contributed by atoms with E-state index in [0.717, 1.165) is 15.9 Å². The van der Waals surface area contributed by atoms with E-state index in [9.17, 15) is 18.6 Å². The van der Waals surface area contributed by atoms with Crippen molar-refractivity contribution in [3.05, 3.63) is 133 Å². The van der Waals surface area contributed by atoms with Crippen molar-refractivity contribution in [2.75, 3.05) is 25.6 Å². The second-order valence-corrected chi connectivity index (χ2v) is 15.7. The Morgan fingerprint density at radius 2 is 1.30 bits per heavy atom. The highest BCUT2D eigenvalue weighted by Gasteiger charge is 2.59. The summed E-state index contributed by atoms with van der Waals surface area (Å²) in [5.41, 5.74) is 0.692. The fourth-order valence-corrected chi connectivity index (χ4v) is 12.2. The van der Waals surface area contributed by atoms with Crippen molar-refractivity contribution in [2.45, 2.75) is 11.4 Å². The monoisotopic (exact) mass is 718 g/mol. The number of carbonyl (C=O) groups excluding carboxylic acids is 3. The van der Waals surface area contributed by atoms with E-state index in [-0.39, 0.29) is 35.0 Å². The molecular formula is C35H32BrN2O6PS. The number of benzene rings is 4. The Morgan fingerprint density at radius 3 is 1.78 bits per heavy atom. The van der Waals surface area contributed by atoms with Crippen LogP contribution in [0.15, 0.2) is 133 Å². The number of nitrogens with zero attached hydrogens (tertiary/aromatic N) is 1. The van der Waals surface area contributed by atoms with E-state index < -0.39 is 47.3 Å². The predicted octanol–water partition coefficient (Wildman–Crippen LogP) is -0.0940. The van der Waals surface area contributed by atoms with Crippen LogP contribution in [0.2, 0.25) is 0 Å². The molecule has 0 saturated carbocycles. The molecule has 11 heteroatoms. The van der Waals surface area contributed by atoms with Crippen molar-refractivity contribution in [2.24, 2.45) is 0 Å². The molecule has 0 aromatic heterocycles. The van der Waals surface area contributed by atoms with Crippen LogP contribution in [-0.2, 0) is 29.9 Å². The Kier molecular flexibility index (Phi) is 10.5. The standard InChI is InChI=1S/C35H31N2O6PS.BrH/c1-42-35(40)32-25(24-45(41)34-31(33(39)37(32)34)36-30(38)22-43-26-14-6-2-7-15-26)23-44(27-16-8-3-9-17-27,28-18-10-4-11-19-28)29-20-12-5-13-21-29;/h2-21,31,34H,22-24H2,1H3;1H/t31-,34-,45?;/m1./s1. The molecule has 6 rings (SSSR count). The number of esters is 1. The van der Waals surface area contributed by atoms with Gasteiger partial charge in [-0.3, -0.25) is 18.7 Å². The van der Waals surface area contributed by atoms with Crippen molar-refractivity contribution in [1.29, 1.82) is 0 Å². The first-order valence-electron chi connectivity index (χ1n) is 14.5. The number of para-hydroxylation sites is 1. The maximum Gasteiger partial charge on any atom is 0.354 e. The summed E-state index contributed by atoms with van der Waals surface area (Å²) in [6.45, 7) is -0.309. The summed E-state index contributed by atoms with van der Waals surface area (Å²) in [4.78, 5) is 41.0. The number of nitrogens with one attached hydrogen (secondary N) is 1. The zero-order chi connectivity index (χ0) is 31.4. The van der Waals surface area contributed by atoms with Crippen molar-refractivity contribution in [3.63, 3.8) is 0 Å². The van der Waals surface area contributed by atoms with Crippen LogP contribution in [0, 0.1) is 0 Å². The van der Waals surface area contributed by atoms with Gasteiger partial charge in [-0.2, -0.15) is 0 Å². The van der Waals surface area contributed by atoms with Gasteiger partial charge in [0.2, 0.25) is 0 Å². The lowest BCUT2D eigenvalue weighted by Gasteiger charge is -2.49. The molecule has 4 aromatic carbocycles. The first kappa shape index (κ1) is 33.3. The molecule has 3 atom stereocenters. The van der Waals surface area contributed by atoms with Gasteiger partial charge in [0.15, 0.2) is 6.61 Å². The molecule has 2 aliphatic heterocycles. The molecule has 0 spiro atoms. The van der Waals surface area contributed by atoms with Crippen molar-refractivity contribution >= 4 is 51.8 Å². The number of hydrogen-bond acceptors (Lipinski definition) is 6. The minimum absolute atomic E-state index is 0. The van der Waals surface area contributed by atoms with Gasteiger partial charge in [-0.25, -0.2) is 4.79 Å². The molecule has 1 N–H and O–H groups in total. The third-order valence-corrected chi connectivity index (χ3v) is 14.1. The third-order valence-electron chi connectivity index (χ3n) is 8.03. The summed E-state index contributed by atoms with van der Waals surface area (Å²) in [6.07, 6.45) is 0.375. The SMILES string of the molecule is COC(=O)C1=C(C[P+](c2ccccc2)(c2ccccc2)c2ccccc2)CS(=O)[C@@H]2[C@H](NC(=O)COc3ccccc3)C(=O)N12.[Br-]. The molecule has 1 fully saturated rings. The molecule has 236 valence electrons. The Morgan fingerprint density at radius 1 is 0.826 bits per heavy atom. The lowest BCUT2D eigenvalue weighted by atomic mass is 10.0. The van der Waals surface area contributed by atoms with Gasteiger partial charge in [0.05, 0.1) is 29.8 Å². The number of amides is 2. The van der Waals surface area contributed by atoms with Crippen LogP contribution in [0.25, 0.3) is 0 Å². The molecule has 8 nitrogen and oxygen atoms in total. The van der Waals surface area contributed by atoms with Gasteiger partial charge >= 0.3 is 5.97 Å². The van der Waals surface area contributed by atoms with Gasteiger partial charge in [0, 0.05) is 5.57 Å². The minimum atomic E-state index is -2.48. The van der Waals surface area contributed by atoms with Gasteiger partial charge < -0.3 is 31.8 Å². The smallest absolute Gasteiger partial charge is 0.354 e.